The zero-order valence-electron chi connectivity index (χ0n) is 8.71. The van der Waals surface area contributed by atoms with Crippen LogP contribution in [0.15, 0.2) is 29.2 Å². The predicted octanol–water partition coefficient (Wildman–Crippen LogP) is 3.06. The van der Waals surface area contributed by atoms with Crippen molar-refractivity contribution in [2.75, 3.05) is 12.3 Å². The smallest absolute Gasteiger partial charge is 0.123 e. The van der Waals surface area contributed by atoms with Crippen molar-refractivity contribution in [2.45, 2.75) is 30.2 Å². The lowest BCUT2D eigenvalue weighted by molar-refractivity contribution is 0.626. The molecule has 1 saturated carbocycles. The minimum atomic E-state index is -0.158. The number of nitrogens with one attached hydrogen (secondary N) is 1. The summed E-state index contributed by atoms with van der Waals surface area (Å²) in [4.78, 5) is 1.16. The summed E-state index contributed by atoms with van der Waals surface area (Å²) in [5, 5.41) is 3.48. The van der Waals surface area contributed by atoms with E-state index in [4.69, 9.17) is 0 Å². The van der Waals surface area contributed by atoms with Crippen LogP contribution < -0.4 is 5.32 Å². The maximum absolute atomic E-state index is 12.6. The first-order valence-corrected chi connectivity index (χ1v) is 6.45. The Bertz CT molecular complexity index is 295. The van der Waals surface area contributed by atoms with Crippen molar-refractivity contribution >= 4 is 11.8 Å². The second-order valence-electron chi connectivity index (χ2n) is 3.88. The molecular formula is C12H16FNS. The summed E-state index contributed by atoms with van der Waals surface area (Å²) < 4.78 is 12.6. The van der Waals surface area contributed by atoms with Gasteiger partial charge in [0, 0.05) is 10.9 Å². The van der Waals surface area contributed by atoms with E-state index in [1.54, 1.807) is 11.8 Å². The van der Waals surface area contributed by atoms with E-state index in [0.717, 1.165) is 23.2 Å². The highest BCUT2D eigenvalue weighted by molar-refractivity contribution is 7.99. The van der Waals surface area contributed by atoms with Gasteiger partial charge in [-0.15, -0.1) is 11.8 Å². The van der Waals surface area contributed by atoms with E-state index in [9.17, 15) is 4.39 Å². The molecule has 3 heteroatoms. The fourth-order valence-electron chi connectivity index (χ4n) is 1.39. The Morgan fingerprint density at radius 3 is 2.67 bits per heavy atom. The van der Waals surface area contributed by atoms with Crippen LogP contribution in [-0.2, 0) is 0 Å². The van der Waals surface area contributed by atoms with Crippen molar-refractivity contribution in [1.29, 1.82) is 0 Å². The Kier molecular flexibility index (Phi) is 4.03. The Hall–Kier alpha value is -0.540. The average molecular weight is 225 g/mol. The van der Waals surface area contributed by atoms with E-state index in [1.807, 2.05) is 12.1 Å². The molecule has 82 valence electrons. The van der Waals surface area contributed by atoms with Gasteiger partial charge in [0.1, 0.15) is 5.82 Å². The molecule has 1 fully saturated rings. The first kappa shape index (κ1) is 11.0. The maximum Gasteiger partial charge on any atom is 0.123 e. The van der Waals surface area contributed by atoms with Crippen molar-refractivity contribution in [3.05, 3.63) is 30.1 Å². The third kappa shape index (κ3) is 4.22. The summed E-state index contributed by atoms with van der Waals surface area (Å²) in [6, 6.07) is 7.53. The monoisotopic (exact) mass is 225 g/mol. The highest BCUT2D eigenvalue weighted by Gasteiger charge is 2.19. The standard InChI is InChI=1S/C12H16FNS/c13-10-2-6-12(7-3-10)15-9-1-8-14-11-4-5-11/h2-3,6-7,11,14H,1,4-5,8-9H2. The van der Waals surface area contributed by atoms with Crippen LogP contribution in [0.4, 0.5) is 4.39 Å². The molecule has 1 aliphatic rings. The van der Waals surface area contributed by atoms with Gasteiger partial charge in [-0.05, 0) is 55.8 Å². The average Bonchev–Trinajstić information content (AvgIpc) is 3.04. The van der Waals surface area contributed by atoms with Crippen LogP contribution in [0.25, 0.3) is 0 Å². The highest BCUT2D eigenvalue weighted by Crippen LogP contribution is 2.20. The highest BCUT2D eigenvalue weighted by atomic mass is 32.2. The van der Waals surface area contributed by atoms with Gasteiger partial charge in [0.25, 0.3) is 0 Å². The van der Waals surface area contributed by atoms with Gasteiger partial charge in [-0.2, -0.15) is 0 Å². The number of thioether (sulfide) groups is 1. The number of halogens is 1. The van der Waals surface area contributed by atoms with E-state index in [0.29, 0.717) is 0 Å². The molecule has 1 aliphatic carbocycles. The zero-order chi connectivity index (χ0) is 10.5. The molecule has 0 amide bonds. The van der Waals surface area contributed by atoms with Crippen LogP contribution in [-0.4, -0.2) is 18.3 Å². The fourth-order valence-corrected chi connectivity index (χ4v) is 2.24. The van der Waals surface area contributed by atoms with Gasteiger partial charge in [0.05, 0.1) is 0 Å². The van der Waals surface area contributed by atoms with E-state index in [2.05, 4.69) is 5.32 Å². The lowest BCUT2D eigenvalue weighted by atomic mass is 10.4. The minimum Gasteiger partial charge on any atom is -0.314 e. The molecule has 0 radical (unpaired) electrons. The molecule has 1 N–H and O–H groups in total. The summed E-state index contributed by atoms with van der Waals surface area (Å²) in [5.41, 5.74) is 0. The number of rotatable bonds is 6. The molecule has 15 heavy (non-hydrogen) atoms. The SMILES string of the molecule is Fc1ccc(SCCCNC2CC2)cc1. The van der Waals surface area contributed by atoms with Crippen molar-refractivity contribution in [3.63, 3.8) is 0 Å². The lowest BCUT2D eigenvalue weighted by Gasteiger charge is -2.02. The van der Waals surface area contributed by atoms with E-state index >= 15 is 0 Å². The Labute approximate surface area is 94.5 Å². The normalized spacial score (nSPS) is 15.5. The summed E-state index contributed by atoms with van der Waals surface area (Å²) >= 11 is 1.79. The van der Waals surface area contributed by atoms with E-state index < -0.39 is 0 Å². The van der Waals surface area contributed by atoms with Gasteiger partial charge in [-0.1, -0.05) is 0 Å². The van der Waals surface area contributed by atoms with Crippen molar-refractivity contribution in [1.82, 2.24) is 5.32 Å². The van der Waals surface area contributed by atoms with Crippen molar-refractivity contribution in [3.8, 4) is 0 Å². The summed E-state index contributed by atoms with van der Waals surface area (Å²) in [7, 11) is 0. The molecule has 0 aromatic heterocycles. The fraction of sp³-hybridized carbons (Fsp3) is 0.500. The van der Waals surface area contributed by atoms with Crippen LogP contribution in [0.5, 0.6) is 0 Å². The molecule has 1 nitrogen and oxygen atoms in total. The van der Waals surface area contributed by atoms with E-state index in [-0.39, 0.29) is 5.82 Å². The Balaban J connectivity index is 1.58. The molecule has 1 aromatic carbocycles. The van der Waals surface area contributed by atoms with Gasteiger partial charge in [0.15, 0.2) is 0 Å². The summed E-state index contributed by atoms with van der Waals surface area (Å²) in [6.45, 7) is 1.11. The van der Waals surface area contributed by atoms with Crippen molar-refractivity contribution in [2.24, 2.45) is 0 Å². The first-order valence-electron chi connectivity index (χ1n) is 5.46. The molecule has 0 spiro atoms. The summed E-state index contributed by atoms with van der Waals surface area (Å²) in [6.07, 6.45) is 3.88. The lowest BCUT2D eigenvalue weighted by Crippen LogP contribution is -2.17. The molecule has 0 atom stereocenters. The maximum atomic E-state index is 12.6. The quantitative estimate of drug-likeness (QED) is 0.590. The second kappa shape index (κ2) is 5.52. The molecule has 0 aliphatic heterocycles. The van der Waals surface area contributed by atoms with Gasteiger partial charge in [-0.3, -0.25) is 0 Å². The van der Waals surface area contributed by atoms with E-state index in [1.165, 1.54) is 31.4 Å². The van der Waals surface area contributed by atoms with Crippen LogP contribution in [0.1, 0.15) is 19.3 Å². The number of hydrogen-bond donors (Lipinski definition) is 1. The number of hydrogen-bond acceptors (Lipinski definition) is 2. The third-order valence-corrected chi connectivity index (χ3v) is 3.51. The van der Waals surface area contributed by atoms with Crippen LogP contribution in [0.3, 0.4) is 0 Å². The molecule has 0 bridgehead atoms. The molecule has 0 heterocycles. The largest absolute Gasteiger partial charge is 0.314 e. The first-order chi connectivity index (χ1) is 7.34. The molecular weight excluding hydrogens is 209 g/mol. The topological polar surface area (TPSA) is 12.0 Å². The second-order valence-corrected chi connectivity index (χ2v) is 5.05. The molecule has 0 saturated heterocycles. The Morgan fingerprint density at radius 1 is 1.27 bits per heavy atom. The van der Waals surface area contributed by atoms with Crippen LogP contribution in [0.2, 0.25) is 0 Å². The van der Waals surface area contributed by atoms with Crippen LogP contribution >= 0.6 is 11.8 Å². The summed E-state index contributed by atoms with van der Waals surface area (Å²) in [5.74, 6) is 0.945. The van der Waals surface area contributed by atoms with Gasteiger partial charge < -0.3 is 5.32 Å². The van der Waals surface area contributed by atoms with Crippen LogP contribution in [0, 0.1) is 5.82 Å². The number of benzene rings is 1. The third-order valence-electron chi connectivity index (χ3n) is 2.41. The zero-order valence-corrected chi connectivity index (χ0v) is 9.52. The molecule has 1 aromatic rings. The van der Waals surface area contributed by atoms with Gasteiger partial charge in [0.2, 0.25) is 0 Å². The minimum absolute atomic E-state index is 0.158. The van der Waals surface area contributed by atoms with Gasteiger partial charge in [-0.25, -0.2) is 4.39 Å². The Morgan fingerprint density at radius 2 is 2.00 bits per heavy atom. The van der Waals surface area contributed by atoms with Gasteiger partial charge >= 0.3 is 0 Å². The van der Waals surface area contributed by atoms with Crippen molar-refractivity contribution < 1.29 is 4.39 Å². The molecule has 0 unspecified atom stereocenters. The predicted molar refractivity (Wildman–Crippen MR) is 62.8 cm³/mol. The molecule has 2 rings (SSSR count).